The number of ether oxygens (including phenoxy) is 3. The smallest absolute Gasteiger partial charge is 0.407 e. The number of nitrogens with one attached hydrogen (secondary N) is 2. The fourth-order valence-electron chi connectivity index (χ4n) is 1.88. The number of rotatable bonds is 2. The standard InChI is InChI=1S/C12H12N2O5/c15-11(8-6-19-12(16)14-8)13-7-1-2-9-10(5-7)18-4-3-17-9/h1-2,5,8H,3-4,6H2,(H,13,15)(H,14,16). The van der Waals surface area contributed by atoms with Gasteiger partial charge in [0.15, 0.2) is 11.5 Å². The Morgan fingerprint density at radius 3 is 2.74 bits per heavy atom. The Kier molecular flexibility index (Phi) is 2.86. The number of carbonyl (C=O) groups is 2. The molecule has 1 aromatic carbocycles. The van der Waals surface area contributed by atoms with Crippen molar-refractivity contribution in [1.29, 1.82) is 0 Å². The van der Waals surface area contributed by atoms with Crippen LogP contribution in [0.15, 0.2) is 18.2 Å². The molecule has 0 aromatic heterocycles. The van der Waals surface area contributed by atoms with Gasteiger partial charge in [0, 0.05) is 11.8 Å². The summed E-state index contributed by atoms with van der Waals surface area (Å²) in [6, 6.07) is 4.46. The van der Waals surface area contributed by atoms with Crippen molar-refractivity contribution < 1.29 is 23.8 Å². The van der Waals surface area contributed by atoms with E-state index in [-0.39, 0.29) is 12.5 Å². The van der Waals surface area contributed by atoms with E-state index in [1.807, 2.05) is 0 Å². The first-order valence-electron chi connectivity index (χ1n) is 5.86. The maximum Gasteiger partial charge on any atom is 0.407 e. The van der Waals surface area contributed by atoms with Crippen LogP contribution < -0.4 is 20.1 Å². The largest absolute Gasteiger partial charge is 0.486 e. The number of cyclic esters (lactones) is 1. The van der Waals surface area contributed by atoms with Crippen LogP contribution in [0.5, 0.6) is 11.5 Å². The minimum Gasteiger partial charge on any atom is -0.486 e. The molecule has 7 nitrogen and oxygen atoms in total. The van der Waals surface area contributed by atoms with Crippen molar-refractivity contribution in [3.8, 4) is 11.5 Å². The topological polar surface area (TPSA) is 85.9 Å². The molecule has 3 rings (SSSR count). The Hall–Kier alpha value is -2.44. The summed E-state index contributed by atoms with van der Waals surface area (Å²) in [5.41, 5.74) is 0.579. The highest BCUT2D eigenvalue weighted by atomic mass is 16.6. The summed E-state index contributed by atoms with van der Waals surface area (Å²) in [6.45, 7) is 1.04. The van der Waals surface area contributed by atoms with Crippen LogP contribution in [0.3, 0.4) is 0 Å². The second kappa shape index (κ2) is 4.68. The van der Waals surface area contributed by atoms with Gasteiger partial charge >= 0.3 is 6.09 Å². The van der Waals surface area contributed by atoms with Crippen LogP contribution >= 0.6 is 0 Å². The Labute approximate surface area is 108 Å². The van der Waals surface area contributed by atoms with Crippen molar-refractivity contribution >= 4 is 17.7 Å². The van der Waals surface area contributed by atoms with E-state index in [0.717, 1.165) is 0 Å². The SMILES string of the molecule is O=C1NC(C(=O)Nc2ccc3c(c2)OCCO3)CO1. The number of fused-ring (bicyclic) bond motifs is 1. The van der Waals surface area contributed by atoms with Crippen LogP contribution in [0.2, 0.25) is 0 Å². The number of hydrogen-bond donors (Lipinski definition) is 2. The molecule has 1 saturated heterocycles. The predicted octanol–water partition coefficient (Wildman–Crippen LogP) is 0.505. The quantitative estimate of drug-likeness (QED) is 0.812. The molecule has 1 unspecified atom stereocenters. The normalized spacial score (nSPS) is 20.4. The number of benzene rings is 1. The first-order valence-corrected chi connectivity index (χ1v) is 5.86. The van der Waals surface area contributed by atoms with Gasteiger partial charge in [-0.3, -0.25) is 4.79 Å². The van der Waals surface area contributed by atoms with Gasteiger partial charge in [-0.05, 0) is 12.1 Å². The molecule has 2 N–H and O–H groups in total. The Morgan fingerprint density at radius 1 is 1.21 bits per heavy atom. The highest BCUT2D eigenvalue weighted by Gasteiger charge is 2.28. The van der Waals surface area contributed by atoms with Crippen LogP contribution in [-0.4, -0.2) is 37.9 Å². The molecule has 1 atom stereocenters. The second-order valence-electron chi connectivity index (χ2n) is 4.14. The van der Waals surface area contributed by atoms with Gasteiger partial charge in [0.05, 0.1) is 0 Å². The average molecular weight is 264 g/mol. The van der Waals surface area contributed by atoms with E-state index in [4.69, 9.17) is 9.47 Å². The number of alkyl carbamates (subject to hydrolysis) is 1. The van der Waals surface area contributed by atoms with Crippen LogP contribution in [0.25, 0.3) is 0 Å². The lowest BCUT2D eigenvalue weighted by atomic mass is 10.2. The average Bonchev–Trinajstić information content (AvgIpc) is 2.85. The number of anilines is 1. The van der Waals surface area contributed by atoms with Crippen molar-refractivity contribution in [2.75, 3.05) is 25.1 Å². The van der Waals surface area contributed by atoms with Gasteiger partial charge in [0.25, 0.3) is 5.91 Å². The van der Waals surface area contributed by atoms with E-state index < -0.39 is 12.1 Å². The van der Waals surface area contributed by atoms with E-state index >= 15 is 0 Å². The molecule has 2 heterocycles. The van der Waals surface area contributed by atoms with Gasteiger partial charge in [-0.25, -0.2) is 4.79 Å². The number of hydrogen-bond acceptors (Lipinski definition) is 5. The molecule has 19 heavy (non-hydrogen) atoms. The lowest BCUT2D eigenvalue weighted by Crippen LogP contribution is -2.38. The molecule has 7 heteroatoms. The van der Waals surface area contributed by atoms with Gasteiger partial charge in [-0.2, -0.15) is 0 Å². The van der Waals surface area contributed by atoms with E-state index in [0.29, 0.717) is 30.4 Å². The first-order chi connectivity index (χ1) is 9.22. The zero-order valence-electron chi connectivity index (χ0n) is 9.97. The third-order valence-electron chi connectivity index (χ3n) is 2.80. The summed E-state index contributed by atoms with van der Waals surface area (Å²) < 4.78 is 15.5. The van der Waals surface area contributed by atoms with Crippen LogP contribution in [-0.2, 0) is 9.53 Å². The van der Waals surface area contributed by atoms with Crippen molar-refractivity contribution in [1.82, 2.24) is 5.32 Å². The van der Waals surface area contributed by atoms with Gasteiger partial charge in [-0.1, -0.05) is 0 Å². The van der Waals surface area contributed by atoms with E-state index in [9.17, 15) is 9.59 Å². The predicted molar refractivity (Wildman–Crippen MR) is 64.3 cm³/mol. The monoisotopic (exact) mass is 264 g/mol. The Balaban J connectivity index is 1.69. The first kappa shape index (κ1) is 11.6. The third-order valence-corrected chi connectivity index (χ3v) is 2.80. The van der Waals surface area contributed by atoms with Crippen LogP contribution in [0.4, 0.5) is 10.5 Å². The minimum absolute atomic E-state index is 0.0369. The van der Waals surface area contributed by atoms with Gasteiger partial charge in [0.1, 0.15) is 25.9 Å². The van der Waals surface area contributed by atoms with Gasteiger partial charge in [0.2, 0.25) is 0 Å². The van der Waals surface area contributed by atoms with Crippen LogP contribution in [0, 0.1) is 0 Å². The van der Waals surface area contributed by atoms with E-state index in [2.05, 4.69) is 15.4 Å². The summed E-state index contributed by atoms with van der Waals surface area (Å²) in [4.78, 5) is 22.7. The van der Waals surface area contributed by atoms with Crippen molar-refractivity contribution in [2.45, 2.75) is 6.04 Å². The molecule has 1 fully saturated rings. The molecule has 2 amide bonds. The summed E-state index contributed by atoms with van der Waals surface area (Å²) in [5, 5.41) is 5.09. The van der Waals surface area contributed by atoms with Gasteiger partial charge < -0.3 is 24.8 Å². The lowest BCUT2D eigenvalue weighted by molar-refractivity contribution is -0.117. The fraction of sp³-hybridized carbons (Fsp3) is 0.333. The Bertz CT molecular complexity index is 531. The molecular weight excluding hydrogens is 252 g/mol. The zero-order valence-corrected chi connectivity index (χ0v) is 9.97. The molecule has 100 valence electrons. The summed E-state index contributed by atoms with van der Waals surface area (Å²) >= 11 is 0. The maximum absolute atomic E-state index is 11.9. The molecule has 0 aliphatic carbocycles. The van der Waals surface area contributed by atoms with Crippen molar-refractivity contribution in [3.63, 3.8) is 0 Å². The highest BCUT2D eigenvalue weighted by Crippen LogP contribution is 2.32. The molecule has 1 aromatic rings. The Morgan fingerprint density at radius 2 is 2.00 bits per heavy atom. The molecular formula is C12H12N2O5. The summed E-state index contributed by atoms with van der Waals surface area (Å²) in [6.07, 6.45) is -0.581. The highest BCUT2D eigenvalue weighted by molar-refractivity contribution is 5.98. The van der Waals surface area contributed by atoms with Crippen molar-refractivity contribution in [3.05, 3.63) is 18.2 Å². The number of carbonyl (C=O) groups excluding carboxylic acids is 2. The molecule has 2 aliphatic heterocycles. The van der Waals surface area contributed by atoms with Crippen molar-refractivity contribution in [2.24, 2.45) is 0 Å². The summed E-state index contributed by atoms with van der Waals surface area (Å²) in [7, 11) is 0. The molecule has 0 radical (unpaired) electrons. The molecule has 0 spiro atoms. The molecule has 0 bridgehead atoms. The maximum atomic E-state index is 11.9. The lowest BCUT2D eigenvalue weighted by Gasteiger charge is -2.19. The summed E-state index contributed by atoms with van der Waals surface area (Å²) in [5.74, 6) is 0.917. The van der Waals surface area contributed by atoms with E-state index in [1.54, 1.807) is 18.2 Å². The third kappa shape index (κ3) is 2.40. The van der Waals surface area contributed by atoms with E-state index in [1.165, 1.54) is 0 Å². The number of amides is 2. The van der Waals surface area contributed by atoms with Gasteiger partial charge in [-0.15, -0.1) is 0 Å². The minimum atomic E-state index is -0.666. The zero-order chi connectivity index (χ0) is 13.2. The van der Waals surface area contributed by atoms with Crippen LogP contribution in [0.1, 0.15) is 0 Å². The second-order valence-corrected chi connectivity index (χ2v) is 4.14. The molecule has 2 aliphatic rings. The molecule has 0 saturated carbocycles. The fourth-order valence-corrected chi connectivity index (χ4v) is 1.88.